The number of carbonyl (C=O) groups is 1. The van der Waals surface area contributed by atoms with Crippen molar-refractivity contribution in [1.29, 1.82) is 0 Å². The zero-order chi connectivity index (χ0) is 13.5. The van der Waals surface area contributed by atoms with E-state index in [0.717, 1.165) is 6.42 Å². The van der Waals surface area contributed by atoms with E-state index < -0.39 is 0 Å². The fourth-order valence-electron chi connectivity index (χ4n) is 1.48. The molecule has 1 aromatic rings. The fraction of sp³-hybridized carbons (Fsp3) is 0.583. The summed E-state index contributed by atoms with van der Waals surface area (Å²) in [6.07, 6.45) is 4.46. The van der Waals surface area contributed by atoms with Gasteiger partial charge in [-0.3, -0.25) is 9.59 Å². The summed E-state index contributed by atoms with van der Waals surface area (Å²) < 4.78 is 6.23. The Bertz CT molecular complexity index is 459. The number of aryl methyl sites for hydroxylation is 1. The highest BCUT2D eigenvalue weighted by Gasteiger charge is 2.14. The van der Waals surface area contributed by atoms with Gasteiger partial charge >= 0.3 is 5.97 Å². The molecule has 6 heteroatoms. The molecule has 1 heterocycles. The summed E-state index contributed by atoms with van der Waals surface area (Å²) in [6.45, 7) is 4.57. The van der Waals surface area contributed by atoms with Crippen LogP contribution in [0.5, 0.6) is 0 Å². The van der Waals surface area contributed by atoms with Gasteiger partial charge in [-0.25, -0.2) is 4.98 Å². The summed E-state index contributed by atoms with van der Waals surface area (Å²) in [5.74, 6) is -0.278. The number of hydrogen-bond acceptors (Lipinski definition) is 5. The van der Waals surface area contributed by atoms with Crippen molar-refractivity contribution in [2.75, 3.05) is 7.11 Å². The molecule has 0 saturated heterocycles. The SMILES string of the molecule is CCCn1ccnc(SC(C)CC(=O)OC)c1=O. The van der Waals surface area contributed by atoms with Crippen molar-refractivity contribution in [1.82, 2.24) is 9.55 Å². The highest BCUT2D eigenvalue weighted by Crippen LogP contribution is 2.20. The first-order valence-corrected chi connectivity index (χ1v) is 6.75. The topological polar surface area (TPSA) is 61.2 Å². The lowest BCUT2D eigenvalue weighted by atomic mass is 10.3. The third kappa shape index (κ3) is 4.18. The van der Waals surface area contributed by atoms with E-state index in [1.165, 1.54) is 18.9 Å². The zero-order valence-corrected chi connectivity index (χ0v) is 11.7. The molecule has 0 radical (unpaired) electrons. The number of esters is 1. The minimum atomic E-state index is -0.278. The third-order valence-electron chi connectivity index (χ3n) is 2.34. The lowest BCUT2D eigenvalue weighted by Gasteiger charge is -2.10. The quantitative estimate of drug-likeness (QED) is 0.581. The van der Waals surface area contributed by atoms with Crippen LogP contribution in [0.15, 0.2) is 22.2 Å². The molecule has 5 nitrogen and oxygen atoms in total. The van der Waals surface area contributed by atoms with E-state index >= 15 is 0 Å². The van der Waals surface area contributed by atoms with Crippen molar-refractivity contribution in [3.8, 4) is 0 Å². The van der Waals surface area contributed by atoms with Crippen LogP contribution in [0.25, 0.3) is 0 Å². The average molecular weight is 270 g/mol. The van der Waals surface area contributed by atoms with Crippen molar-refractivity contribution in [3.63, 3.8) is 0 Å². The van der Waals surface area contributed by atoms with Crippen molar-refractivity contribution in [3.05, 3.63) is 22.7 Å². The molecule has 18 heavy (non-hydrogen) atoms. The minimum absolute atomic E-state index is 0.0323. The molecule has 0 fully saturated rings. The molecule has 0 amide bonds. The smallest absolute Gasteiger partial charge is 0.306 e. The van der Waals surface area contributed by atoms with Crippen LogP contribution in [0.2, 0.25) is 0 Å². The second-order valence-corrected chi connectivity index (χ2v) is 5.37. The number of aromatic nitrogens is 2. The van der Waals surface area contributed by atoms with Gasteiger partial charge in [0.2, 0.25) is 0 Å². The molecule has 0 aromatic carbocycles. The number of rotatable bonds is 6. The summed E-state index contributed by atoms with van der Waals surface area (Å²) in [5.41, 5.74) is -0.0962. The van der Waals surface area contributed by atoms with Crippen molar-refractivity contribution in [2.24, 2.45) is 0 Å². The van der Waals surface area contributed by atoms with Gasteiger partial charge < -0.3 is 9.30 Å². The molecule has 1 aromatic heterocycles. The number of carbonyl (C=O) groups excluding carboxylic acids is 1. The normalized spacial score (nSPS) is 12.2. The van der Waals surface area contributed by atoms with Crippen LogP contribution in [-0.2, 0) is 16.1 Å². The summed E-state index contributed by atoms with van der Waals surface area (Å²) >= 11 is 1.31. The molecule has 1 rings (SSSR count). The number of hydrogen-bond donors (Lipinski definition) is 0. The van der Waals surface area contributed by atoms with E-state index in [9.17, 15) is 9.59 Å². The zero-order valence-electron chi connectivity index (χ0n) is 10.9. The number of methoxy groups -OCH3 is 1. The van der Waals surface area contributed by atoms with Gasteiger partial charge in [-0.2, -0.15) is 0 Å². The molecular weight excluding hydrogens is 252 g/mol. The number of thioether (sulfide) groups is 1. The lowest BCUT2D eigenvalue weighted by molar-refractivity contribution is -0.140. The Labute approximate surface area is 111 Å². The van der Waals surface area contributed by atoms with Crippen molar-refractivity contribution >= 4 is 17.7 Å². The predicted molar refractivity (Wildman–Crippen MR) is 70.7 cm³/mol. The molecule has 100 valence electrons. The molecule has 1 atom stereocenters. The standard InChI is InChI=1S/C12H18N2O3S/c1-4-6-14-7-5-13-11(12(14)16)18-9(2)8-10(15)17-3/h5,7,9H,4,6,8H2,1-3H3. The first kappa shape index (κ1) is 14.8. The highest BCUT2D eigenvalue weighted by atomic mass is 32.2. The Balaban J connectivity index is 2.75. The van der Waals surface area contributed by atoms with Crippen LogP contribution in [0.1, 0.15) is 26.7 Å². The molecule has 0 spiro atoms. The van der Waals surface area contributed by atoms with E-state index in [-0.39, 0.29) is 23.2 Å². The Morgan fingerprint density at radius 1 is 1.61 bits per heavy atom. The molecule has 0 bridgehead atoms. The van der Waals surface area contributed by atoms with Gasteiger partial charge in [-0.1, -0.05) is 25.6 Å². The number of nitrogens with zero attached hydrogens (tertiary/aromatic N) is 2. The maximum atomic E-state index is 12.0. The molecule has 0 aliphatic heterocycles. The van der Waals surface area contributed by atoms with Gasteiger partial charge in [0, 0.05) is 24.2 Å². The Kier molecular flexibility index (Phi) is 5.91. The minimum Gasteiger partial charge on any atom is -0.469 e. The average Bonchev–Trinajstić information content (AvgIpc) is 2.34. The molecular formula is C12H18N2O3S. The van der Waals surface area contributed by atoms with Crippen LogP contribution < -0.4 is 5.56 Å². The largest absolute Gasteiger partial charge is 0.469 e. The van der Waals surface area contributed by atoms with Crippen molar-refractivity contribution in [2.45, 2.75) is 43.5 Å². The van der Waals surface area contributed by atoms with Crippen LogP contribution >= 0.6 is 11.8 Å². The first-order chi connectivity index (χ1) is 8.58. The van der Waals surface area contributed by atoms with Gasteiger partial charge in [0.05, 0.1) is 13.5 Å². The van der Waals surface area contributed by atoms with E-state index in [0.29, 0.717) is 11.6 Å². The summed E-state index contributed by atoms with van der Waals surface area (Å²) in [5, 5.41) is 0.400. The first-order valence-electron chi connectivity index (χ1n) is 5.87. The van der Waals surface area contributed by atoms with Gasteiger partial charge in [-0.05, 0) is 6.42 Å². The monoisotopic (exact) mass is 270 g/mol. The van der Waals surface area contributed by atoms with Gasteiger partial charge in [-0.15, -0.1) is 0 Å². The van der Waals surface area contributed by atoms with Crippen molar-refractivity contribution < 1.29 is 9.53 Å². The lowest BCUT2D eigenvalue weighted by Crippen LogP contribution is -2.23. The molecule has 0 saturated carbocycles. The third-order valence-corrected chi connectivity index (χ3v) is 3.41. The predicted octanol–water partition coefficient (Wildman–Crippen LogP) is 1.70. The van der Waals surface area contributed by atoms with Crippen LogP contribution in [0.3, 0.4) is 0 Å². The van der Waals surface area contributed by atoms with Crippen LogP contribution in [-0.4, -0.2) is 27.9 Å². The van der Waals surface area contributed by atoms with E-state index in [1.807, 2.05) is 13.8 Å². The van der Waals surface area contributed by atoms with Gasteiger partial charge in [0.1, 0.15) is 0 Å². The maximum absolute atomic E-state index is 12.0. The fourth-order valence-corrected chi connectivity index (χ4v) is 2.42. The Morgan fingerprint density at radius 2 is 2.33 bits per heavy atom. The molecule has 1 unspecified atom stereocenters. The Hall–Kier alpha value is -1.30. The second kappa shape index (κ2) is 7.20. The molecule has 0 aliphatic rings. The summed E-state index contributed by atoms with van der Waals surface area (Å²) in [4.78, 5) is 27.2. The summed E-state index contributed by atoms with van der Waals surface area (Å²) in [7, 11) is 1.36. The van der Waals surface area contributed by atoms with E-state index in [4.69, 9.17) is 0 Å². The van der Waals surface area contributed by atoms with E-state index in [1.54, 1.807) is 17.0 Å². The van der Waals surface area contributed by atoms with Crippen LogP contribution in [0, 0.1) is 0 Å². The second-order valence-electron chi connectivity index (χ2n) is 3.94. The molecule has 0 N–H and O–H groups in total. The number of ether oxygens (including phenoxy) is 1. The highest BCUT2D eigenvalue weighted by molar-refractivity contribution is 7.99. The van der Waals surface area contributed by atoms with Gasteiger partial charge in [0.25, 0.3) is 5.56 Å². The summed E-state index contributed by atoms with van der Waals surface area (Å²) in [6, 6.07) is 0. The van der Waals surface area contributed by atoms with Gasteiger partial charge in [0.15, 0.2) is 5.03 Å². The Morgan fingerprint density at radius 3 is 2.94 bits per heavy atom. The maximum Gasteiger partial charge on any atom is 0.306 e. The van der Waals surface area contributed by atoms with Crippen LogP contribution in [0.4, 0.5) is 0 Å². The molecule has 0 aliphatic carbocycles. The van der Waals surface area contributed by atoms with E-state index in [2.05, 4.69) is 9.72 Å².